The molecule has 0 aromatic heterocycles. The van der Waals surface area contributed by atoms with E-state index in [4.69, 9.17) is 0 Å². The topological polar surface area (TPSA) is 37.3 Å². The molecule has 0 saturated carbocycles. The van der Waals surface area contributed by atoms with Crippen molar-refractivity contribution in [3.63, 3.8) is 0 Å². The van der Waals surface area contributed by atoms with Gasteiger partial charge < -0.3 is 5.11 Å². The summed E-state index contributed by atoms with van der Waals surface area (Å²) in [5.74, 6) is -0.232. The average molecular weight is 202 g/mol. The Labute approximate surface area is 84.8 Å². The van der Waals surface area contributed by atoms with Crippen LogP contribution in [0, 0.1) is 5.41 Å². The lowest BCUT2D eigenvalue weighted by Crippen LogP contribution is -2.17. The lowest BCUT2D eigenvalue weighted by molar-refractivity contribution is -0.116. The quantitative estimate of drug-likeness (QED) is 0.549. The zero-order valence-corrected chi connectivity index (χ0v) is 9.35. The van der Waals surface area contributed by atoms with Gasteiger partial charge >= 0.3 is 0 Å². The second-order valence-corrected chi connectivity index (χ2v) is 4.07. The second-order valence-electron chi connectivity index (χ2n) is 4.07. The van der Waals surface area contributed by atoms with Gasteiger partial charge in [-0.25, -0.2) is 0 Å². The van der Waals surface area contributed by atoms with Gasteiger partial charge in [0.25, 0.3) is 0 Å². The third kappa shape index (κ3) is 3.13. The molecule has 0 bridgehead atoms. The molecule has 2 nitrogen and oxygen atoms in total. The maximum absolute atomic E-state index is 11.9. The number of carbonyl (C=O) groups excluding carboxylic acids is 1. The standard InChI is InChI=1S/C11H19FO2/c1-5-11(3,4)10(14)8(2)9(13)6-7-12/h14H,5-7H2,1-4H3/b10-8-. The average Bonchev–Trinajstić information content (AvgIpc) is 2.15. The van der Waals surface area contributed by atoms with Crippen molar-refractivity contribution in [1.29, 1.82) is 0 Å². The highest BCUT2D eigenvalue weighted by atomic mass is 19.1. The van der Waals surface area contributed by atoms with Crippen molar-refractivity contribution < 1.29 is 14.3 Å². The number of halogens is 1. The SMILES string of the molecule is CCC(C)(C)/C(O)=C(\C)C(=O)CCF. The lowest BCUT2D eigenvalue weighted by atomic mass is 9.85. The van der Waals surface area contributed by atoms with Crippen LogP contribution in [0.1, 0.15) is 40.5 Å². The molecule has 0 aliphatic carbocycles. The van der Waals surface area contributed by atoms with Crippen molar-refractivity contribution in [3.05, 3.63) is 11.3 Å². The number of hydrogen-bond acceptors (Lipinski definition) is 2. The number of ketones is 1. The minimum atomic E-state index is -0.671. The molecule has 0 saturated heterocycles. The van der Waals surface area contributed by atoms with Crippen LogP contribution in [0.25, 0.3) is 0 Å². The van der Waals surface area contributed by atoms with Gasteiger partial charge in [0.15, 0.2) is 5.78 Å². The van der Waals surface area contributed by atoms with Gasteiger partial charge in [0, 0.05) is 17.4 Å². The Bertz CT molecular complexity index is 242. The number of carbonyl (C=O) groups is 1. The third-order valence-electron chi connectivity index (χ3n) is 2.62. The van der Waals surface area contributed by atoms with E-state index in [2.05, 4.69) is 0 Å². The van der Waals surface area contributed by atoms with Crippen LogP contribution in [-0.2, 0) is 4.79 Å². The number of Topliss-reactive ketones (excluding diaryl/α,β-unsaturated/α-hetero) is 1. The van der Waals surface area contributed by atoms with E-state index >= 15 is 0 Å². The first-order valence-electron chi connectivity index (χ1n) is 4.86. The molecule has 3 heteroatoms. The van der Waals surface area contributed by atoms with Crippen molar-refractivity contribution >= 4 is 5.78 Å². The van der Waals surface area contributed by atoms with Gasteiger partial charge in [-0.2, -0.15) is 0 Å². The van der Waals surface area contributed by atoms with Crippen LogP contribution in [0.3, 0.4) is 0 Å². The van der Waals surface area contributed by atoms with Crippen LogP contribution in [0.4, 0.5) is 4.39 Å². The van der Waals surface area contributed by atoms with Crippen LogP contribution < -0.4 is 0 Å². The zero-order valence-electron chi connectivity index (χ0n) is 9.35. The molecule has 0 aliphatic rings. The van der Waals surface area contributed by atoms with Crippen LogP contribution in [-0.4, -0.2) is 17.6 Å². The van der Waals surface area contributed by atoms with Gasteiger partial charge in [0.2, 0.25) is 0 Å². The summed E-state index contributed by atoms with van der Waals surface area (Å²) < 4.78 is 11.9. The van der Waals surface area contributed by atoms with Gasteiger partial charge in [-0.05, 0) is 13.3 Å². The van der Waals surface area contributed by atoms with Gasteiger partial charge in [-0.1, -0.05) is 20.8 Å². The van der Waals surface area contributed by atoms with Gasteiger partial charge in [0.1, 0.15) is 5.76 Å². The molecule has 0 rings (SSSR count). The normalized spacial score (nSPS) is 13.8. The number of aliphatic hydroxyl groups is 1. The van der Waals surface area contributed by atoms with E-state index in [1.807, 2.05) is 20.8 Å². The smallest absolute Gasteiger partial charge is 0.164 e. The summed E-state index contributed by atoms with van der Waals surface area (Å²) in [6.07, 6.45) is 0.592. The summed E-state index contributed by atoms with van der Waals surface area (Å²) in [6, 6.07) is 0. The Kier molecular flexibility index (Phi) is 4.81. The molecule has 0 fully saturated rings. The number of allylic oxidation sites excluding steroid dienone is 2. The summed E-state index contributed by atoms with van der Waals surface area (Å²) in [7, 11) is 0. The summed E-state index contributed by atoms with van der Waals surface area (Å²) in [5, 5.41) is 9.78. The predicted molar refractivity (Wildman–Crippen MR) is 55.0 cm³/mol. The monoisotopic (exact) mass is 202 g/mol. The molecule has 14 heavy (non-hydrogen) atoms. The Hall–Kier alpha value is -0.860. The van der Waals surface area contributed by atoms with Crippen molar-refractivity contribution in [2.75, 3.05) is 6.67 Å². The number of hydrogen-bond donors (Lipinski definition) is 1. The molecule has 0 heterocycles. The minimum absolute atomic E-state index is 0.0819. The van der Waals surface area contributed by atoms with Crippen LogP contribution in [0.5, 0.6) is 0 Å². The molecule has 0 atom stereocenters. The van der Waals surface area contributed by atoms with Crippen molar-refractivity contribution in [2.45, 2.75) is 40.5 Å². The third-order valence-corrected chi connectivity index (χ3v) is 2.62. The molecule has 0 spiro atoms. The van der Waals surface area contributed by atoms with E-state index in [-0.39, 0.29) is 23.5 Å². The first-order valence-corrected chi connectivity index (χ1v) is 4.86. The zero-order chi connectivity index (χ0) is 11.4. The van der Waals surface area contributed by atoms with Crippen molar-refractivity contribution in [1.82, 2.24) is 0 Å². The van der Waals surface area contributed by atoms with Crippen molar-refractivity contribution in [2.24, 2.45) is 5.41 Å². The van der Waals surface area contributed by atoms with E-state index in [9.17, 15) is 14.3 Å². The number of alkyl halides is 1. The van der Waals surface area contributed by atoms with Crippen LogP contribution in [0.15, 0.2) is 11.3 Å². The summed E-state index contributed by atoms with van der Waals surface area (Å²) in [6.45, 7) is 6.52. The highest BCUT2D eigenvalue weighted by Crippen LogP contribution is 2.30. The summed E-state index contributed by atoms with van der Waals surface area (Å²) in [5.41, 5.74) is -0.120. The summed E-state index contributed by atoms with van der Waals surface area (Å²) >= 11 is 0. The lowest BCUT2D eigenvalue weighted by Gasteiger charge is -2.23. The fourth-order valence-electron chi connectivity index (χ4n) is 1.08. The molecule has 0 unspecified atom stereocenters. The second kappa shape index (κ2) is 5.13. The Balaban J connectivity index is 4.83. The fraction of sp³-hybridized carbons (Fsp3) is 0.727. The molecule has 0 amide bonds. The maximum atomic E-state index is 11.9. The molecule has 0 aromatic carbocycles. The molecule has 82 valence electrons. The van der Waals surface area contributed by atoms with Crippen molar-refractivity contribution in [3.8, 4) is 0 Å². The molecule has 0 aliphatic heterocycles. The molecular weight excluding hydrogens is 183 g/mol. The number of aliphatic hydroxyl groups excluding tert-OH is 1. The maximum Gasteiger partial charge on any atom is 0.164 e. The van der Waals surface area contributed by atoms with E-state index < -0.39 is 12.1 Å². The summed E-state index contributed by atoms with van der Waals surface area (Å²) in [4.78, 5) is 11.3. The van der Waals surface area contributed by atoms with Crippen LogP contribution in [0.2, 0.25) is 0 Å². The van der Waals surface area contributed by atoms with Gasteiger partial charge in [0.05, 0.1) is 6.67 Å². The Morgan fingerprint density at radius 2 is 1.93 bits per heavy atom. The van der Waals surface area contributed by atoms with E-state index in [1.165, 1.54) is 0 Å². The molecular formula is C11H19FO2. The van der Waals surface area contributed by atoms with Crippen LogP contribution >= 0.6 is 0 Å². The minimum Gasteiger partial charge on any atom is -0.511 e. The Morgan fingerprint density at radius 1 is 1.43 bits per heavy atom. The highest BCUT2D eigenvalue weighted by molar-refractivity contribution is 5.95. The predicted octanol–water partition coefficient (Wildman–Crippen LogP) is 3.18. The first-order chi connectivity index (χ1) is 6.36. The largest absolute Gasteiger partial charge is 0.511 e. The van der Waals surface area contributed by atoms with E-state index in [0.717, 1.165) is 6.42 Å². The first kappa shape index (κ1) is 13.1. The van der Waals surface area contributed by atoms with Gasteiger partial charge in [-0.3, -0.25) is 9.18 Å². The fourth-order valence-corrected chi connectivity index (χ4v) is 1.08. The number of rotatable bonds is 5. The van der Waals surface area contributed by atoms with E-state index in [1.54, 1.807) is 6.92 Å². The Morgan fingerprint density at radius 3 is 2.29 bits per heavy atom. The molecule has 0 radical (unpaired) electrons. The van der Waals surface area contributed by atoms with Gasteiger partial charge in [-0.15, -0.1) is 0 Å². The van der Waals surface area contributed by atoms with E-state index in [0.29, 0.717) is 0 Å². The highest BCUT2D eigenvalue weighted by Gasteiger charge is 2.24. The molecule has 0 aromatic rings. The molecule has 1 N–H and O–H groups in total.